The molecule has 0 radical (unpaired) electrons. The largest absolute Gasteiger partial charge is 0.493 e. The molecule has 19 heavy (non-hydrogen) atoms. The predicted octanol–water partition coefficient (Wildman–Crippen LogP) is 2.61. The molecule has 2 aromatic rings. The highest BCUT2D eigenvalue weighted by Gasteiger charge is 2.15. The number of carbonyl (C=O) groups excluding carboxylic acids is 1. The molecule has 1 aromatic heterocycles. The number of benzene rings is 1. The molecule has 100 valence electrons. The van der Waals surface area contributed by atoms with E-state index in [1.807, 2.05) is 6.07 Å². The minimum Gasteiger partial charge on any atom is -0.493 e. The molecule has 0 aliphatic carbocycles. The van der Waals surface area contributed by atoms with E-state index in [2.05, 4.69) is 4.98 Å². The van der Waals surface area contributed by atoms with E-state index >= 15 is 0 Å². The maximum atomic E-state index is 11.4. The second kappa shape index (κ2) is 5.27. The summed E-state index contributed by atoms with van der Waals surface area (Å²) in [4.78, 5) is 16.1. The van der Waals surface area contributed by atoms with Crippen LogP contribution in [0.2, 0.25) is 0 Å². The molecule has 0 aliphatic heterocycles. The number of thiazole rings is 1. The molecule has 0 fully saturated rings. The molecule has 0 saturated carbocycles. The summed E-state index contributed by atoms with van der Waals surface area (Å²) >= 11 is 1.27. The number of nitrogens with two attached hydrogens (primary N) is 1. The van der Waals surface area contributed by atoms with Gasteiger partial charge in [-0.3, -0.25) is 4.79 Å². The molecule has 0 atom stereocenters. The second-order valence-electron chi connectivity index (χ2n) is 3.86. The summed E-state index contributed by atoms with van der Waals surface area (Å²) in [5.41, 5.74) is 6.56. The first-order valence-corrected chi connectivity index (χ1v) is 6.38. The number of nitrogens with zero attached hydrogens (tertiary/aromatic N) is 1. The number of hydrogen-bond donors (Lipinski definition) is 1. The quantitative estimate of drug-likeness (QED) is 0.870. The van der Waals surface area contributed by atoms with E-state index in [9.17, 15) is 4.79 Å². The summed E-state index contributed by atoms with van der Waals surface area (Å²) in [5.74, 6) is 1.43. The molecular weight excluding hydrogens is 264 g/mol. The Hall–Kier alpha value is -2.08. The monoisotopic (exact) mass is 278 g/mol. The Labute approximate surface area is 115 Å². The first-order valence-electron chi connectivity index (χ1n) is 5.56. The van der Waals surface area contributed by atoms with E-state index in [1.165, 1.54) is 18.3 Å². The van der Waals surface area contributed by atoms with Crippen LogP contribution in [0.25, 0.3) is 10.6 Å². The van der Waals surface area contributed by atoms with Crippen LogP contribution in [0, 0.1) is 0 Å². The van der Waals surface area contributed by atoms with Gasteiger partial charge < -0.3 is 15.2 Å². The summed E-state index contributed by atoms with van der Waals surface area (Å²) in [6, 6.07) is 5.45. The third kappa shape index (κ3) is 2.53. The van der Waals surface area contributed by atoms with Gasteiger partial charge in [-0.1, -0.05) is 0 Å². The van der Waals surface area contributed by atoms with Crippen molar-refractivity contribution in [1.82, 2.24) is 4.98 Å². The number of ketones is 1. The second-order valence-corrected chi connectivity index (χ2v) is 4.86. The molecule has 0 saturated heterocycles. The summed E-state index contributed by atoms with van der Waals surface area (Å²) < 4.78 is 10.4. The molecule has 1 heterocycles. The fraction of sp³-hybridized carbons (Fsp3) is 0.231. The number of ether oxygens (including phenoxy) is 2. The Morgan fingerprint density at radius 2 is 1.95 bits per heavy atom. The van der Waals surface area contributed by atoms with Crippen LogP contribution in [-0.4, -0.2) is 25.0 Å². The van der Waals surface area contributed by atoms with E-state index in [4.69, 9.17) is 15.2 Å². The van der Waals surface area contributed by atoms with Gasteiger partial charge in [-0.15, -0.1) is 11.3 Å². The highest BCUT2D eigenvalue weighted by Crippen LogP contribution is 2.35. The zero-order chi connectivity index (χ0) is 14.0. The van der Waals surface area contributed by atoms with Crippen LogP contribution in [0.15, 0.2) is 18.2 Å². The molecule has 2 N–H and O–H groups in total. The van der Waals surface area contributed by atoms with Crippen molar-refractivity contribution in [2.75, 3.05) is 20.0 Å². The van der Waals surface area contributed by atoms with Gasteiger partial charge in [0.2, 0.25) is 0 Å². The predicted molar refractivity (Wildman–Crippen MR) is 75.1 cm³/mol. The summed E-state index contributed by atoms with van der Waals surface area (Å²) in [7, 11) is 3.14. The molecule has 0 spiro atoms. The topological polar surface area (TPSA) is 74.4 Å². The van der Waals surface area contributed by atoms with E-state index in [0.29, 0.717) is 21.4 Å². The first-order chi connectivity index (χ1) is 9.06. The van der Waals surface area contributed by atoms with Crippen molar-refractivity contribution in [1.29, 1.82) is 0 Å². The van der Waals surface area contributed by atoms with Crippen LogP contribution in [0.1, 0.15) is 16.6 Å². The van der Waals surface area contributed by atoms with Crippen molar-refractivity contribution in [2.45, 2.75) is 6.92 Å². The van der Waals surface area contributed by atoms with Gasteiger partial charge >= 0.3 is 0 Å². The Morgan fingerprint density at radius 3 is 2.47 bits per heavy atom. The van der Waals surface area contributed by atoms with E-state index in [-0.39, 0.29) is 11.6 Å². The lowest BCUT2D eigenvalue weighted by atomic mass is 10.2. The summed E-state index contributed by atoms with van der Waals surface area (Å²) in [6.45, 7) is 1.47. The minimum absolute atomic E-state index is 0.0817. The van der Waals surface area contributed by atoms with E-state index in [0.717, 1.165) is 5.56 Å². The van der Waals surface area contributed by atoms with Crippen LogP contribution in [-0.2, 0) is 0 Å². The Bertz CT molecular complexity index is 622. The van der Waals surface area contributed by atoms with Crippen molar-refractivity contribution < 1.29 is 14.3 Å². The van der Waals surface area contributed by atoms with Crippen molar-refractivity contribution in [3.05, 3.63) is 23.1 Å². The molecule has 0 unspecified atom stereocenters. The number of Topliss-reactive ketones (excluding diaryl/α,β-unsaturated/α-hetero) is 1. The average molecular weight is 278 g/mol. The maximum absolute atomic E-state index is 11.4. The number of hydrogen-bond acceptors (Lipinski definition) is 6. The smallest absolute Gasteiger partial charge is 0.173 e. The summed E-state index contributed by atoms with van der Waals surface area (Å²) in [5, 5.41) is 0.684. The number of rotatable bonds is 4. The van der Waals surface area contributed by atoms with Crippen molar-refractivity contribution in [3.63, 3.8) is 0 Å². The van der Waals surface area contributed by atoms with Crippen molar-refractivity contribution >= 4 is 22.9 Å². The summed E-state index contributed by atoms with van der Waals surface area (Å²) in [6.07, 6.45) is 0. The van der Waals surface area contributed by atoms with Crippen molar-refractivity contribution in [2.24, 2.45) is 0 Å². The van der Waals surface area contributed by atoms with Crippen LogP contribution in [0.4, 0.5) is 5.82 Å². The Morgan fingerprint density at radius 1 is 1.26 bits per heavy atom. The lowest BCUT2D eigenvalue weighted by molar-refractivity contribution is 0.102. The first kappa shape index (κ1) is 13.4. The standard InChI is InChI=1S/C13H14N2O3S/c1-7(16)11-12(14)15-13(19-11)8-4-5-9(17-2)10(6-8)18-3/h4-6H,14H2,1-3H3. The highest BCUT2D eigenvalue weighted by molar-refractivity contribution is 7.17. The lowest BCUT2D eigenvalue weighted by Gasteiger charge is -2.08. The van der Waals surface area contributed by atoms with E-state index < -0.39 is 0 Å². The molecular formula is C13H14N2O3S. The molecule has 6 heteroatoms. The number of anilines is 1. The SMILES string of the molecule is COc1ccc(-c2nc(N)c(C(C)=O)s2)cc1OC. The van der Waals surface area contributed by atoms with Gasteiger partial charge in [0.05, 0.1) is 14.2 Å². The number of carbonyl (C=O) groups is 1. The zero-order valence-corrected chi connectivity index (χ0v) is 11.7. The van der Waals surface area contributed by atoms with Crippen LogP contribution >= 0.6 is 11.3 Å². The van der Waals surface area contributed by atoms with Crippen LogP contribution < -0.4 is 15.2 Å². The van der Waals surface area contributed by atoms with Gasteiger partial charge in [0.1, 0.15) is 15.7 Å². The maximum Gasteiger partial charge on any atom is 0.173 e. The van der Waals surface area contributed by atoms with Gasteiger partial charge in [0, 0.05) is 12.5 Å². The van der Waals surface area contributed by atoms with Gasteiger partial charge in [-0.25, -0.2) is 4.98 Å². The lowest BCUT2D eigenvalue weighted by Crippen LogP contribution is -1.94. The highest BCUT2D eigenvalue weighted by atomic mass is 32.1. The third-order valence-electron chi connectivity index (χ3n) is 2.60. The molecule has 0 amide bonds. The van der Waals surface area contributed by atoms with Crippen LogP contribution in [0.5, 0.6) is 11.5 Å². The zero-order valence-electron chi connectivity index (χ0n) is 10.9. The molecule has 5 nitrogen and oxygen atoms in total. The number of aromatic nitrogens is 1. The molecule has 0 aliphatic rings. The van der Waals surface area contributed by atoms with Gasteiger partial charge in [-0.05, 0) is 18.2 Å². The Balaban J connectivity index is 2.47. The number of methoxy groups -OCH3 is 2. The molecule has 0 bridgehead atoms. The average Bonchev–Trinajstić information content (AvgIpc) is 2.80. The van der Waals surface area contributed by atoms with Crippen LogP contribution in [0.3, 0.4) is 0 Å². The van der Waals surface area contributed by atoms with E-state index in [1.54, 1.807) is 26.4 Å². The molecule has 2 rings (SSSR count). The fourth-order valence-electron chi connectivity index (χ4n) is 1.68. The fourth-order valence-corrected chi connectivity index (χ4v) is 2.55. The third-order valence-corrected chi connectivity index (χ3v) is 3.82. The minimum atomic E-state index is -0.0817. The van der Waals surface area contributed by atoms with Gasteiger partial charge in [-0.2, -0.15) is 0 Å². The normalized spacial score (nSPS) is 10.3. The van der Waals surface area contributed by atoms with Gasteiger partial charge in [0.15, 0.2) is 17.3 Å². The Kier molecular flexibility index (Phi) is 3.71. The molecule has 1 aromatic carbocycles. The number of nitrogen functional groups attached to an aromatic ring is 1. The van der Waals surface area contributed by atoms with Gasteiger partial charge in [0.25, 0.3) is 0 Å². The van der Waals surface area contributed by atoms with Crippen molar-refractivity contribution in [3.8, 4) is 22.1 Å².